The lowest BCUT2D eigenvalue weighted by Gasteiger charge is -2.22. The minimum atomic E-state index is -2.93. The second kappa shape index (κ2) is 6.11. The Morgan fingerprint density at radius 1 is 0.850 bits per heavy atom. The second-order valence-corrected chi connectivity index (χ2v) is 7.45. The molecule has 0 spiro atoms. The van der Waals surface area contributed by atoms with Gasteiger partial charge < -0.3 is 9.30 Å². The molecule has 0 unspecified atom stereocenters. The minimum Gasteiger partial charge on any atom is -0.493 e. The molecule has 0 aliphatic heterocycles. The highest BCUT2D eigenvalue weighted by atomic mass is 31.2. The van der Waals surface area contributed by atoms with Gasteiger partial charge >= 0.3 is 0 Å². The standard InChI is InChI=1S/C17H19O2P/c1-14(2)17(19-3)20(18,15-10-6-4-7-11-15)16-12-8-5-9-13-16/h4-13H,1-3H3. The predicted molar refractivity (Wildman–Crippen MR) is 85.1 cm³/mol. The Hall–Kier alpha value is -1.79. The van der Waals surface area contributed by atoms with Crippen LogP contribution in [0.5, 0.6) is 0 Å². The first-order valence-electron chi connectivity index (χ1n) is 6.54. The molecule has 0 aromatic heterocycles. The smallest absolute Gasteiger partial charge is 0.203 e. The number of methoxy groups -OCH3 is 1. The predicted octanol–water partition coefficient (Wildman–Crippen LogP) is 3.90. The molecule has 2 nitrogen and oxygen atoms in total. The number of ether oxygens (including phenoxy) is 1. The van der Waals surface area contributed by atoms with Gasteiger partial charge in [-0.1, -0.05) is 60.7 Å². The van der Waals surface area contributed by atoms with Crippen molar-refractivity contribution in [3.8, 4) is 0 Å². The number of hydrogen-bond donors (Lipinski definition) is 0. The van der Waals surface area contributed by atoms with E-state index in [-0.39, 0.29) is 0 Å². The zero-order valence-electron chi connectivity index (χ0n) is 12.0. The van der Waals surface area contributed by atoms with Gasteiger partial charge in [-0.05, 0) is 19.4 Å². The van der Waals surface area contributed by atoms with Crippen molar-refractivity contribution in [3.05, 3.63) is 71.7 Å². The average molecular weight is 286 g/mol. The zero-order valence-corrected chi connectivity index (χ0v) is 12.9. The average Bonchev–Trinajstić information content (AvgIpc) is 2.49. The molecule has 0 bridgehead atoms. The molecule has 0 atom stereocenters. The Kier molecular flexibility index (Phi) is 4.46. The first kappa shape index (κ1) is 14.6. The normalized spacial score (nSPS) is 10.9. The van der Waals surface area contributed by atoms with E-state index in [1.165, 1.54) is 0 Å². The topological polar surface area (TPSA) is 26.3 Å². The van der Waals surface area contributed by atoms with Crippen molar-refractivity contribution in [1.82, 2.24) is 0 Å². The van der Waals surface area contributed by atoms with Crippen LogP contribution in [0.2, 0.25) is 0 Å². The fraction of sp³-hybridized carbons (Fsp3) is 0.176. The van der Waals surface area contributed by atoms with Gasteiger partial charge in [0.2, 0.25) is 7.14 Å². The maximum atomic E-state index is 13.8. The van der Waals surface area contributed by atoms with Gasteiger partial charge in [-0.25, -0.2) is 0 Å². The summed E-state index contributed by atoms with van der Waals surface area (Å²) in [5.74, 6) is 0. The Balaban J connectivity index is 2.75. The van der Waals surface area contributed by atoms with Crippen molar-refractivity contribution < 1.29 is 9.30 Å². The third-order valence-corrected chi connectivity index (χ3v) is 6.40. The molecule has 0 amide bonds. The summed E-state index contributed by atoms with van der Waals surface area (Å²) in [5, 5.41) is 1.59. The van der Waals surface area contributed by atoms with Crippen LogP contribution in [-0.4, -0.2) is 7.11 Å². The lowest BCUT2D eigenvalue weighted by Crippen LogP contribution is -2.18. The quantitative estimate of drug-likeness (QED) is 0.629. The van der Waals surface area contributed by atoms with Gasteiger partial charge in [0.05, 0.1) is 7.11 Å². The molecule has 0 aliphatic rings. The fourth-order valence-corrected chi connectivity index (χ4v) is 5.15. The van der Waals surface area contributed by atoms with E-state index in [1.54, 1.807) is 7.11 Å². The van der Waals surface area contributed by atoms with Gasteiger partial charge in [0, 0.05) is 10.6 Å². The van der Waals surface area contributed by atoms with E-state index in [2.05, 4.69) is 0 Å². The molecule has 2 rings (SSSR count). The van der Waals surface area contributed by atoms with Crippen LogP contribution in [0.15, 0.2) is 71.7 Å². The summed E-state index contributed by atoms with van der Waals surface area (Å²) < 4.78 is 19.3. The summed E-state index contributed by atoms with van der Waals surface area (Å²) in [4.78, 5) is 0. The van der Waals surface area contributed by atoms with E-state index in [1.807, 2.05) is 74.5 Å². The van der Waals surface area contributed by atoms with Crippen molar-refractivity contribution in [2.24, 2.45) is 0 Å². The second-order valence-electron chi connectivity index (χ2n) is 4.79. The van der Waals surface area contributed by atoms with Gasteiger partial charge in [-0.15, -0.1) is 0 Å². The first-order valence-corrected chi connectivity index (χ1v) is 8.24. The number of rotatable bonds is 4. The molecular weight excluding hydrogens is 267 g/mol. The highest BCUT2D eigenvalue weighted by Gasteiger charge is 2.33. The highest BCUT2D eigenvalue weighted by molar-refractivity contribution is 7.82. The van der Waals surface area contributed by atoms with Gasteiger partial charge in [-0.3, -0.25) is 0 Å². The summed E-state index contributed by atoms with van der Waals surface area (Å²) in [6.45, 7) is 3.86. The Labute approximate surface area is 120 Å². The zero-order chi connectivity index (χ0) is 14.6. The van der Waals surface area contributed by atoms with Crippen molar-refractivity contribution in [2.45, 2.75) is 13.8 Å². The third kappa shape index (κ3) is 2.57. The van der Waals surface area contributed by atoms with Crippen LogP contribution in [0, 0.1) is 0 Å². The molecular formula is C17H19O2P. The number of allylic oxidation sites excluding steroid dienone is 1. The van der Waals surface area contributed by atoms with Crippen LogP contribution in [0.3, 0.4) is 0 Å². The van der Waals surface area contributed by atoms with Crippen LogP contribution < -0.4 is 10.6 Å². The van der Waals surface area contributed by atoms with E-state index in [9.17, 15) is 4.57 Å². The Morgan fingerprint density at radius 2 is 1.25 bits per heavy atom. The molecule has 20 heavy (non-hydrogen) atoms. The third-order valence-electron chi connectivity index (χ3n) is 3.15. The minimum absolute atomic E-state index is 0.565. The molecule has 0 N–H and O–H groups in total. The molecule has 104 valence electrons. The maximum Gasteiger partial charge on any atom is 0.203 e. The van der Waals surface area contributed by atoms with Gasteiger partial charge in [0.1, 0.15) is 0 Å². The summed E-state index contributed by atoms with van der Waals surface area (Å²) in [6, 6.07) is 19.1. The van der Waals surface area contributed by atoms with Gasteiger partial charge in [-0.2, -0.15) is 0 Å². The van der Waals surface area contributed by atoms with Gasteiger partial charge in [0.25, 0.3) is 0 Å². The Morgan fingerprint density at radius 3 is 1.55 bits per heavy atom. The van der Waals surface area contributed by atoms with Crippen molar-refractivity contribution in [1.29, 1.82) is 0 Å². The van der Waals surface area contributed by atoms with E-state index < -0.39 is 7.14 Å². The molecule has 0 radical (unpaired) electrons. The first-order chi connectivity index (χ1) is 9.60. The van der Waals surface area contributed by atoms with Crippen LogP contribution >= 0.6 is 7.14 Å². The van der Waals surface area contributed by atoms with E-state index >= 15 is 0 Å². The number of benzene rings is 2. The number of hydrogen-bond acceptors (Lipinski definition) is 2. The molecule has 0 saturated heterocycles. The largest absolute Gasteiger partial charge is 0.493 e. The lowest BCUT2D eigenvalue weighted by atomic mass is 10.4. The molecule has 0 saturated carbocycles. The van der Waals surface area contributed by atoms with Crippen molar-refractivity contribution in [2.75, 3.05) is 7.11 Å². The SMILES string of the molecule is COC(=C(C)C)P(=O)(c1ccccc1)c1ccccc1. The molecule has 0 fully saturated rings. The van der Waals surface area contributed by atoms with Crippen LogP contribution in [-0.2, 0) is 9.30 Å². The van der Waals surface area contributed by atoms with E-state index in [0.717, 1.165) is 16.2 Å². The summed E-state index contributed by atoms with van der Waals surface area (Å²) >= 11 is 0. The van der Waals surface area contributed by atoms with E-state index in [4.69, 9.17) is 4.74 Å². The lowest BCUT2D eigenvalue weighted by molar-refractivity contribution is 0.314. The summed E-state index contributed by atoms with van der Waals surface area (Å²) in [6.07, 6.45) is 0. The van der Waals surface area contributed by atoms with Crippen LogP contribution in [0.25, 0.3) is 0 Å². The fourth-order valence-electron chi connectivity index (χ4n) is 2.31. The van der Waals surface area contributed by atoms with Gasteiger partial charge in [0.15, 0.2) is 5.50 Å². The van der Waals surface area contributed by atoms with Crippen LogP contribution in [0.1, 0.15) is 13.8 Å². The van der Waals surface area contributed by atoms with Crippen molar-refractivity contribution in [3.63, 3.8) is 0 Å². The maximum absolute atomic E-state index is 13.8. The monoisotopic (exact) mass is 286 g/mol. The summed E-state index contributed by atoms with van der Waals surface area (Å²) in [5.41, 5.74) is 1.50. The van der Waals surface area contributed by atoms with Crippen LogP contribution in [0.4, 0.5) is 0 Å². The molecule has 2 aromatic rings. The molecule has 0 heterocycles. The molecule has 3 heteroatoms. The Bertz CT molecular complexity index is 598. The highest BCUT2D eigenvalue weighted by Crippen LogP contribution is 2.53. The van der Waals surface area contributed by atoms with Crippen molar-refractivity contribution >= 4 is 17.8 Å². The molecule has 2 aromatic carbocycles. The molecule has 0 aliphatic carbocycles. The van der Waals surface area contributed by atoms with E-state index in [0.29, 0.717) is 5.50 Å². The summed E-state index contributed by atoms with van der Waals surface area (Å²) in [7, 11) is -1.35.